The van der Waals surface area contributed by atoms with Gasteiger partial charge in [-0.25, -0.2) is 4.39 Å². The van der Waals surface area contributed by atoms with E-state index < -0.39 is 65.8 Å². The molecule has 0 fully saturated rings. The molecule has 0 aliphatic heterocycles. The molecular formula is C15H5F18NO3. The Kier molecular flexibility index (Phi) is 8.11. The first-order valence-corrected chi connectivity index (χ1v) is 8.24. The van der Waals surface area contributed by atoms with Gasteiger partial charge in [0.05, 0.1) is 0 Å². The van der Waals surface area contributed by atoms with Crippen LogP contribution in [0, 0.1) is 5.82 Å². The second-order valence-corrected chi connectivity index (χ2v) is 6.46. The predicted octanol–water partition coefficient (Wildman–Crippen LogP) is 6.64. The quantitative estimate of drug-likeness (QED) is 0.347. The van der Waals surface area contributed by atoms with E-state index in [2.05, 4.69) is 0 Å². The largest absolute Gasteiger partial charge is 0.462 e. The second kappa shape index (κ2) is 9.27. The third-order valence-electron chi connectivity index (χ3n) is 3.74. The zero-order valence-electron chi connectivity index (χ0n) is 16.3. The third kappa shape index (κ3) is 5.93. The van der Waals surface area contributed by atoms with Crippen LogP contribution in [-0.4, -0.2) is 54.3 Å². The Hall–Kier alpha value is -2.65. The molecule has 22 heteroatoms. The molecule has 2 atom stereocenters. The number of halogens is 18. The Balaban J connectivity index is 3.63. The maximum atomic E-state index is 14.3. The van der Waals surface area contributed by atoms with Crippen molar-refractivity contribution >= 4 is 11.6 Å². The number of hydrogen-bond donors (Lipinski definition) is 1. The topological polar surface area (TPSA) is 47.6 Å². The van der Waals surface area contributed by atoms with Crippen LogP contribution < -0.4 is 5.32 Å². The maximum absolute atomic E-state index is 14.3. The fourth-order valence-corrected chi connectivity index (χ4v) is 1.94. The molecule has 37 heavy (non-hydrogen) atoms. The van der Waals surface area contributed by atoms with Crippen LogP contribution in [0.5, 0.6) is 0 Å². The van der Waals surface area contributed by atoms with Crippen molar-refractivity contribution in [2.75, 3.05) is 5.32 Å². The van der Waals surface area contributed by atoms with Crippen LogP contribution in [-0.2, 0) is 14.3 Å². The summed E-state index contributed by atoms with van der Waals surface area (Å²) < 4.78 is 238. The zero-order chi connectivity index (χ0) is 29.7. The van der Waals surface area contributed by atoms with E-state index in [0.29, 0.717) is 23.5 Å². The molecule has 214 valence electrons. The molecule has 0 saturated carbocycles. The number of hydrogen-bond acceptors (Lipinski definition) is 3. The number of nitrogens with one attached hydrogen (secondary N) is 1. The van der Waals surface area contributed by atoms with Crippen LogP contribution in [0.25, 0.3) is 0 Å². The van der Waals surface area contributed by atoms with Crippen LogP contribution in [0.2, 0.25) is 0 Å². The van der Waals surface area contributed by atoms with Gasteiger partial charge in [0.2, 0.25) is 0 Å². The monoisotopic (exact) mass is 589 g/mol. The number of carbonyl (C=O) groups excluding carboxylic acids is 1. The van der Waals surface area contributed by atoms with E-state index in [1.807, 2.05) is 4.74 Å². The minimum absolute atomic E-state index is 0.0465. The van der Waals surface area contributed by atoms with E-state index in [1.165, 1.54) is 4.74 Å². The molecular weight excluding hydrogens is 584 g/mol. The highest BCUT2D eigenvalue weighted by Gasteiger charge is 2.85. The number of benzene rings is 1. The van der Waals surface area contributed by atoms with Crippen molar-refractivity contribution < 1.29 is 93.3 Å². The second-order valence-electron chi connectivity index (χ2n) is 6.46. The minimum atomic E-state index is -8.11. The van der Waals surface area contributed by atoms with Gasteiger partial charge in [-0.2, -0.15) is 74.6 Å². The summed E-state index contributed by atoms with van der Waals surface area (Å²) in [5.74, 6) is -28.0. The van der Waals surface area contributed by atoms with Crippen LogP contribution >= 0.6 is 0 Å². The molecule has 0 aromatic heterocycles. The third-order valence-corrected chi connectivity index (χ3v) is 3.74. The smallest absolute Gasteiger partial charge is 0.321 e. The van der Waals surface area contributed by atoms with Crippen LogP contribution in [0.15, 0.2) is 24.3 Å². The molecule has 0 heterocycles. The molecule has 0 spiro atoms. The lowest BCUT2D eigenvalue weighted by molar-refractivity contribution is -0.548. The highest BCUT2D eigenvalue weighted by atomic mass is 19.4. The summed E-state index contributed by atoms with van der Waals surface area (Å²) in [5, 5.41) is 0.641. The van der Waals surface area contributed by atoms with Gasteiger partial charge >= 0.3 is 48.4 Å². The van der Waals surface area contributed by atoms with Crippen molar-refractivity contribution in [2.45, 2.75) is 48.4 Å². The number of carbonyl (C=O) groups is 1. The van der Waals surface area contributed by atoms with Gasteiger partial charge in [-0.1, -0.05) is 6.07 Å². The van der Waals surface area contributed by atoms with Gasteiger partial charge in [-0.3, -0.25) is 14.3 Å². The fourth-order valence-electron chi connectivity index (χ4n) is 1.94. The summed E-state index contributed by atoms with van der Waals surface area (Å²) in [6.07, 6.45) is -38.8. The molecule has 0 aliphatic rings. The normalized spacial score (nSPS) is 17.7. The van der Waals surface area contributed by atoms with Crippen molar-refractivity contribution in [2.24, 2.45) is 0 Å². The van der Waals surface area contributed by atoms with E-state index in [9.17, 15) is 83.8 Å². The van der Waals surface area contributed by atoms with Gasteiger partial charge < -0.3 is 5.32 Å². The van der Waals surface area contributed by atoms with Crippen molar-refractivity contribution in [3.05, 3.63) is 30.1 Å². The van der Waals surface area contributed by atoms with E-state index >= 15 is 0 Å². The number of rotatable bonds is 8. The van der Waals surface area contributed by atoms with Gasteiger partial charge in [0, 0.05) is 5.69 Å². The molecule has 4 nitrogen and oxygen atoms in total. The molecule has 0 bridgehead atoms. The van der Waals surface area contributed by atoms with E-state index in [0.717, 1.165) is 0 Å². The maximum Gasteiger partial charge on any atom is 0.462 e. The summed E-state index contributed by atoms with van der Waals surface area (Å²) in [4.78, 5) is 11.6. The summed E-state index contributed by atoms with van der Waals surface area (Å²) >= 11 is 0. The Morgan fingerprint density at radius 1 is 0.649 bits per heavy atom. The van der Waals surface area contributed by atoms with Crippen LogP contribution in [0.1, 0.15) is 0 Å². The van der Waals surface area contributed by atoms with E-state index in [4.69, 9.17) is 0 Å². The molecule has 0 radical (unpaired) electrons. The van der Waals surface area contributed by atoms with E-state index in [1.54, 1.807) is 0 Å². The molecule has 0 aliphatic carbocycles. The Bertz CT molecular complexity index is 986. The highest BCUT2D eigenvalue weighted by molar-refractivity contribution is 5.96. The average Bonchev–Trinajstić information content (AvgIpc) is 2.64. The standard InChI is InChI=1S/C15H5F18NO3/c16-5-2-1-3-6(4-5)34-7(35)8(17,11(21,22)23)36-15(32,33)10(20,13(27,28)29)37-14(30,31)9(18,19)12(24,25)26/h1-4H,(H,34,35)/t8-,10+/m0/s1. The number of ether oxygens (including phenoxy) is 2. The van der Waals surface area contributed by atoms with Crippen molar-refractivity contribution in [1.82, 2.24) is 0 Å². The van der Waals surface area contributed by atoms with Crippen molar-refractivity contribution in [3.63, 3.8) is 0 Å². The predicted molar refractivity (Wildman–Crippen MR) is 77.9 cm³/mol. The van der Waals surface area contributed by atoms with Crippen LogP contribution in [0.3, 0.4) is 0 Å². The fraction of sp³-hybridized carbons (Fsp3) is 0.533. The molecule has 1 aromatic rings. The first-order valence-electron chi connectivity index (χ1n) is 8.24. The molecule has 0 unspecified atom stereocenters. The van der Waals surface area contributed by atoms with Crippen molar-refractivity contribution in [1.29, 1.82) is 0 Å². The lowest BCUT2D eigenvalue weighted by atomic mass is 10.2. The molecule has 1 rings (SSSR count). The summed E-state index contributed by atoms with van der Waals surface area (Å²) in [6, 6.07) is 1.56. The molecule has 1 amide bonds. The van der Waals surface area contributed by atoms with Gasteiger partial charge in [-0.15, -0.1) is 0 Å². The first kappa shape index (κ1) is 32.4. The first-order chi connectivity index (χ1) is 16.1. The Labute approximate surface area is 190 Å². The van der Waals surface area contributed by atoms with Crippen LogP contribution in [0.4, 0.5) is 84.7 Å². The summed E-state index contributed by atoms with van der Waals surface area (Å²) in [5.41, 5.74) is -1.25. The number of amides is 1. The van der Waals surface area contributed by atoms with E-state index in [-0.39, 0.29) is 6.07 Å². The Morgan fingerprint density at radius 3 is 1.51 bits per heavy atom. The highest BCUT2D eigenvalue weighted by Crippen LogP contribution is 2.56. The minimum Gasteiger partial charge on any atom is -0.321 e. The lowest BCUT2D eigenvalue weighted by Gasteiger charge is -2.40. The van der Waals surface area contributed by atoms with Crippen molar-refractivity contribution in [3.8, 4) is 0 Å². The summed E-state index contributed by atoms with van der Waals surface area (Å²) in [7, 11) is 0. The van der Waals surface area contributed by atoms with Gasteiger partial charge in [-0.05, 0) is 18.2 Å². The van der Waals surface area contributed by atoms with Gasteiger partial charge in [0.25, 0.3) is 5.91 Å². The lowest BCUT2D eigenvalue weighted by Crippen LogP contribution is -2.68. The number of anilines is 1. The SMILES string of the molecule is O=C(Nc1cccc(F)c1)[C@](F)(OC(F)(F)[C@](F)(OC(F)(F)C(F)(F)C(F)(F)F)C(F)(F)F)C(F)(F)F. The Morgan fingerprint density at radius 2 is 1.14 bits per heavy atom. The average molecular weight is 589 g/mol. The molecule has 1 N–H and O–H groups in total. The molecule has 1 aromatic carbocycles. The number of alkyl halides is 17. The molecule has 0 saturated heterocycles. The van der Waals surface area contributed by atoms with Gasteiger partial charge in [0.1, 0.15) is 5.82 Å². The zero-order valence-corrected chi connectivity index (χ0v) is 16.3. The van der Waals surface area contributed by atoms with Gasteiger partial charge in [0.15, 0.2) is 0 Å². The summed E-state index contributed by atoms with van der Waals surface area (Å²) in [6.45, 7) is 0.